The lowest BCUT2D eigenvalue weighted by Gasteiger charge is -2.22. The third-order valence-electron chi connectivity index (χ3n) is 4.69. The Hall–Kier alpha value is -1.82. The van der Waals surface area contributed by atoms with E-state index in [0.29, 0.717) is 12.6 Å². The van der Waals surface area contributed by atoms with Crippen LogP contribution in [0.5, 0.6) is 0 Å². The average molecular weight is 349 g/mol. The highest BCUT2D eigenvalue weighted by Crippen LogP contribution is 2.16. The van der Waals surface area contributed by atoms with Crippen molar-refractivity contribution in [2.24, 2.45) is 5.92 Å². The van der Waals surface area contributed by atoms with Crippen LogP contribution in [0.1, 0.15) is 62.9 Å². The summed E-state index contributed by atoms with van der Waals surface area (Å²) in [5.41, 5.74) is 0. The molecule has 6 heteroatoms. The molecule has 1 aliphatic rings. The van der Waals surface area contributed by atoms with Gasteiger partial charge in [0.25, 0.3) is 5.91 Å². The second-order valence-electron chi connectivity index (χ2n) is 7.11. The van der Waals surface area contributed by atoms with E-state index < -0.39 is 6.04 Å². The molecule has 0 radical (unpaired) electrons. The summed E-state index contributed by atoms with van der Waals surface area (Å²) in [5, 5.41) is 9.21. The van der Waals surface area contributed by atoms with Gasteiger partial charge in [-0.15, -0.1) is 0 Å². The van der Waals surface area contributed by atoms with E-state index >= 15 is 0 Å². The van der Waals surface area contributed by atoms with Gasteiger partial charge in [0.05, 0.1) is 6.26 Å². The van der Waals surface area contributed by atoms with Crippen molar-refractivity contribution in [3.63, 3.8) is 0 Å². The summed E-state index contributed by atoms with van der Waals surface area (Å²) in [7, 11) is 0. The Kier molecular flexibility index (Phi) is 7.98. The molecule has 2 amide bonds. The Bertz CT molecular complexity index is 520. The lowest BCUT2D eigenvalue weighted by Crippen LogP contribution is -2.51. The van der Waals surface area contributed by atoms with Crippen LogP contribution in [0.15, 0.2) is 22.8 Å². The van der Waals surface area contributed by atoms with Crippen molar-refractivity contribution in [1.29, 1.82) is 0 Å². The van der Waals surface area contributed by atoms with Gasteiger partial charge in [0, 0.05) is 19.1 Å². The van der Waals surface area contributed by atoms with Gasteiger partial charge in [0.15, 0.2) is 5.76 Å². The number of carbonyl (C=O) groups is 2. The monoisotopic (exact) mass is 349 g/mol. The molecule has 2 rings (SSSR count). The summed E-state index contributed by atoms with van der Waals surface area (Å²) in [4.78, 5) is 24.5. The van der Waals surface area contributed by atoms with Crippen LogP contribution in [0.3, 0.4) is 0 Å². The molecule has 1 aromatic rings. The largest absolute Gasteiger partial charge is 0.459 e. The molecule has 3 N–H and O–H groups in total. The molecule has 1 unspecified atom stereocenters. The fraction of sp³-hybridized carbons (Fsp3) is 0.684. The van der Waals surface area contributed by atoms with E-state index in [2.05, 4.69) is 16.0 Å². The molecule has 1 fully saturated rings. The first-order chi connectivity index (χ1) is 12.1. The van der Waals surface area contributed by atoms with Crippen LogP contribution >= 0.6 is 0 Å². The molecule has 0 saturated heterocycles. The van der Waals surface area contributed by atoms with E-state index in [1.807, 2.05) is 13.8 Å². The summed E-state index contributed by atoms with van der Waals surface area (Å²) in [6.45, 7) is 5.15. The summed E-state index contributed by atoms with van der Waals surface area (Å²) in [6.07, 6.45) is 9.14. The molecule has 0 aliphatic heterocycles. The zero-order chi connectivity index (χ0) is 18.1. The van der Waals surface area contributed by atoms with Crippen molar-refractivity contribution >= 4 is 11.8 Å². The van der Waals surface area contributed by atoms with Gasteiger partial charge in [0.2, 0.25) is 5.91 Å². The van der Waals surface area contributed by atoms with E-state index in [9.17, 15) is 9.59 Å². The van der Waals surface area contributed by atoms with Crippen molar-refractivity contribution in [3.8, 4) is 0 Å². The SMILES string of the molecule is CC(C)C(NC(=O)c1ccco1)C(=O)NCCNC1CCCCCC1. The molecule has 1 heterocycles. The van der Waals surface area contributed by atoms with Crippen LogP contribution in [-0.2, 0) is 4.79 Å². The smallest absolute Gasteiger partial charge is 0.287 e. The third kappa shape index (κ3) is 6.53. The maximum atomic E-state index is 12.4. The molecule has 0 spiro atoms. The lowest BCUT2D eigenvalue weighted by molar-refractivity contribution is -0.123. The summed E-state index contributed by atoms with van der Waals surface area (Å²) in [6, 6.07) is 3.23. The molecule has 0 aromatic carbocycles. The predicted molar refractivity (Wildman–Crippen MR) is 97.3 cm³/mol. The van der Waals surface area contributed by atoms with Crippen LogP contribution in [0.4, 0.5) is 0 Å². The molecule has 1 aliphatic carbocycles. The van der Waals surface area contributed by atoms with E-state index in [-0.39, 0.29) is 23.5 Å². The highest BCUT2D eigenvalue weighted by molar-refractivity contribution is 5.95. The quantitative estimate of drug-likeness (QED) is 0.497. The summed E-state index contributed by atoms with van der Waals surface area (Å²) >= 11 is 0. The number of rotatable bonds is 8. The van der Waals surface area contributed by atoms with Crippen LogP contribution in [0.2, 0.25) is 0 Å². The topological polar surface area (TPSA) is 83.4 Å². The van der Waals surface area contributed by atoms with Gasteiger partial charge in [-0.1, -0.05) is 39.5 Å². The molecule has 6 nitrogen and oxygen atoms in total. The molecule has 1 aromatic heterocycles. The van der Waals surface area contributed by atoms with Gasteiger partial charge in [-0.3, -0.25) is 9.59 Å². The number of furan rings is 1. The van der Waals surface area contributed by atoms with Crippen molar-refractivity contribution in [1.82, 2.24) is 16.0 Å². The van der Waals surface area contributed by atoms with E-state index in [1.54, 1.807) is 12.1 Å². The van der Waals surface area contributed by atoms with Crippen LogP contribution < -0.4 is 16.0 Å². The van der Waals surface area contributed by atoms with E-state index in [1.165, 1.54) is 44.8 Å². The van der Waals surface area contributed by atoms with Gasteiger partial charge in [-0.05, 0) is 30.9 Å². The maximum Gasteiger partial charge on any atom is 0.287 e. The standard InChI is InChI=1S/C19H31N3O3/c1-14(2)17(22-18(23)16-10-7-13-25-16)19(24)21-12-11-20-15-8-5-3-4-6-9-15/h7,10,13-15,17,20H,3-6,8-9,11-12H2,1-2H3,(H,21,24)(H,22,23). The molecule has 0 bridgehead atoms. The van der Waals surface area contributed by atoms with Crippen LogP contribution in [0.25, 0.3) is 0 Å². The average Bonchev–Trinajstić information content (AvgIpc) is 3.00. The molecule has 1 saturated carbocycles. The molecule has 140 valence electrons. The summed E-state index contributed by atoms with van der Waals surface area (Å²) < 4.78 is 5.08. The maximum absolute atomic E-state index is 12.4. The van der Waals surface area contributed by atoms with Crippen LogP contribution in [-0.4, -0.2) is 37.0 Å². The van der Waals surface area contributed by atoms with Crippen molar-refractivity contribution in [2.45, 2.75) is 64.5 Å². The second kappa shape index (κ2) is 10.2. The summed E-state index contributed by atoms with van der Waals surface area (Å²) in [5.74, 6) is -0.310. The fourth-order valence-corrected chi connectivity index (χ4v) is 3.21. The normalized spacial score (nSPS) is 17.1. The van der Waals surface area contributed by atoms with Crippen LogP contribution in [0, 0.1) is 5.92 Å². The van der Waals surface area contributed by atoms with Gasteiger partial charge < -0.3 is 20.4 Å². The van der Waals surface area contributed by atoms with Gasteiger partial charge >= 0.3 is 0 Å². The number of carbonyl (C=O) groups excluding carboxylic acids is 2. The van der Waals surface area contributed by atoms with Gasteiger partial charge in [0.1, 0.15) is 6.04 Å². The van der Waals surface area contributed by atoms with E-state index in [0.717, 1.165) is 6.54 Å². The first-order valence-corrected chi connectivity index (χ1v) is 9.43. The zero-order valence-corrected chi connectivity index (χ0v) is 15.3. The number of hydrogen-bond acceptors (Lipinski definition) is 4. The molecule has 1 atom stereocenters. The van der Waals surface area contributed by atoms with Crippen molar-refractivity contribution in [3.05, 3.63) is 24.2 Å². The molecular weight excluding hydrogens is 318 g/mol. The highest BCUT2D eigenvalue weighted by Gasteiger charge is 2.25. The first-order valence-electron chi connectivity index (χ1n) is 9.43. The van der Waals surface area contributed by atoms with E-state index in [4.69, 9.17) is 4.42 Å². The van der Waals surface area contributed by atoms with Crippen molar-refractivity contribution < 1.29 is 14.0 Å². The number of hydrogen-bond donors (Lipinski definition) is 3. The Labute approximate surface area is 150 Å². The number of nitrogens with one attached hydrogen (secondary N) is 3. The Balaban J connectivity index is 1.73. The number of amides is 2. The molecular formula is C19H31N3O3. The van der Waals surface area contributed by atoms with Gasteiger partial charge in [-0.2, -0.15) is 0 Å². The predicted octanol–water partition coefficient (Wildman–Crippen LogP) is 2.46. The minimum absolute atomic E-state index is 0.00581. The minimum atomic E-state index is -0.574. The third-order valence-corrected chi connectivity index (χ3v) is 4.69. The molecule has 25 heavy (non-hydrogen) atoms. The Morgan fingerprint density at radius 3 is 2.48 bits per heavy atom. The minimum Gasteiger partial charge on any atom is -0.459 e. The second-order valence-corrected chi connectivity index (χ2v) is 7.11. The highest BCUT2D eigenvalue weighted by atomic mass is 16.3. The fourth-order valence-electron chi connectivity index (χ4n) is 3.21. The Morgan fingerprint density at radius 2 is 1.88 bits per heavy atom. The lowest BCUT2D eigenvalue weighted by atomic mass is 10.0. The Morgan fingerprint density at radius 1 is 1.16 bits per heavy atom. The van der Waals surface area contributed by atoms with Gasteiger partial charge in [-0.25, -0.2) is 0 Å². The first kappa shape index (κ1) is 19.5. The van der Waals surface area contributed by atoms with Crippen molar-refractivity contribution in [2.75, 3.05) is 13.1 Å². The zero-order valence-electron chi connectivity index (χ0n) is 15.3.